The van der Waals surface area contributed by atoms with Gasteiger partial charge in [-0.2, -0.15) is 5.10 Å². The van der Waals surface area contributed by atoms with E-state index in [-0.39, 0.29) is 17.8 Å². The molecule has 1 aromatic carbocycles. The van der Waals surface area contributed by atoms with Crippen molar-refractivity contribution < 1.29 is 4.39 Å². The van der Waals surface area contributed by atoms with E-state index < -0.39 is 11.1 Å². The lowest BCUT2D eigenvalue weighted by atomic mass is 9.86. The van der Waals surface area contributed by atoms with E-state index in [0.717, 1.165) is 31.6 Å². The molecule has 4 heterocycles. The van der Waals surface area contributed by atoms with Crippen LogP contribution >= 0.6 is 0 Å². The molecule has 2 aliphatic rings. The van der Waals surface area contributed by atoms with Crippen LogP contribution < -0.4 is 11.1 Å². The van der Waals surface area contributed by atoms with Crippen LogP contribution in [0.5, 0.6) is 0 Å². The SMILES string of the molecule is O=c1c(=O)n2c(nn1Cc1ccc(F)cc1)C[C@@]1(CCN(Cc3cccnc3)C1)C2. The monoisotopic (exact) mass is 407 g/mol. The summed E-state index contributed by atoms with van der Waals surface area (Å²) in [6.07, 6.45) is 5.28. The Morgan fingerprint density at radius 1 is 1.00 bits per heavy atom. The van der Waals surface area contributed by atoms with Crippen LogP contribution in [0.2, 0.25) is 0 Å². The van der Waals surface area contributed by atoms with Crippen LogP contribution in [-0.4, -0.2) is 37.3 Å². The average molecular weight is 407 g/mol. The Morgan fingerprint density at radius 3 is 2.60 bits per heavy atom. The maximum atomic E-state index is 13.1. The third kappa shape index (κ3) is 3.47. The Morgan fingerprint density at radius 2 is 1.83 bits per heavy atom. The van der Waals surface area contributed by atoms with Gasteiger partial charge in [0.15, 0.2) is 0 Å². The molecule has 8 heteroatoms. The number of benzene rings is 1. The van der Waals surface area contributed by atoms with E-state index in [0.29, 0.717) is 18.8 Å². The van der Waals surface area contributed by atoms with Crippen LogP contribution in [0.1, 0.15) is 23.4 Å². The summed E-state index contributed by atoms with van der Waals surface area (Å²) >= 11 is 0. The summed E-state index contributed by atoms with van der Waals surface area (Å²) in [5.41, 5.74) is 0.670. The first-order valence-corrected chi connectivity index (χ1v) is 10.1. The molecule has 2 aliphatic heterocycles. The summed E-state index contributed by atoms with van der Waals surface area (Å²) in [6.45, 7) is 3.31. The standard InChI is InChI=1S/C22H22FN5O2/c23-18-5-3-16(4-6-18)13-28-21(30)20(29)27-15-22(10-19(27)25-28)7-9-26(14-22)12-17-2-1-8-24-11-17/h1-6,8,11H,7,9-10,12-15H2/t22-/m1/s1. The second-order valence-electron chi connectivity index (χ2n) is 8.40. The summed E-state index contributed by atoms with van der Waals surface area (Å²) in [6, 6.07) is 9.88. The van der Waals surface area contributed by atoms with Crippen LogP contribution in [-0.2, 0) is 26.1 Å². The maximum absolute atomic E-state index is 13.1. The second-order valence-corrected chi connectivity index (χ2v) is 8.40. The van der Waals surface area contributed by atoms with E-state index in [9.17, 15) is 14.0 Å². The lowest BCUT2D eigenvalue weighted by molar-refractivity contribution is 0.246. The second kappa shape index (κ2) is 7.28. The molecule has 1 spiro atoms. The van der Waals surface area contributed by atoms with Crippen LogP contribution in [0.3, 0.4) is 0 Å². The molecule has 0 aliphatic carbocycles. The minimum absolute atomic E-state index is 0.0666. The zero-order valence-electron chi connectivity index (χ0n) is 16.5. The van der Waals surface area contributed by atoms with Gasteiger partial charge >= 0.3 is 11.1 Å². The normalized spacial score (nSPS) is 20.7. The number of hydrogen-bond donors (Lipinski definition) is 0. The van der Waals surface area contributed by atoms with Crippen LogP contribution in [0.15, 0.2) is 58.4 Å². The molecule has 5 rings (SSSR count). The first-order valence-electron chi connectivity index (χ1n) is 10.1. The number of pyridine rings is 1. The van der Waals surface area contributed by atoms with Gasteiger partial charge in [-0.15, -0.1) is 0 Å². The molecule has 0 saturated carbocycles. The van der Waals surface area contributed by atoms with Crippen molar-refractivity contribution in [3.63, 3.8) is 0 Å². The molecule has 30 heavy (non-hydrogen) atoms. The third-order valence-corrected chi connectivity index (χ3v) is 6.13. The van der Waals surface area contributed by atoms with E-state index in [1.54, 1.807) is 22.9 Å². The molecule has 3 aromatic rings. The van der Waals surface area contributed by atoms with Crippen molar-refractivity contribution in [3.05, 3.63) is 92.3 Å². The maximum Gasteiger partial charge on any atom is 0.332 e. The van der Waals surface area contributed by atoms with Gasteiger partial charge in [-0.25, -0.2) is 9.07 Å². The number of halogens is 1. The van der Waals surface area contributed by atoms with E-state index in [4.69, 9.17) is 0 Å². The lowest BCUT2D eigenvalue weighted by Crippen LogP contribution is -2.43. The van der Waals surface area contributed by atoms with E-state index in [1.807, 2.05) is 12.3 Å². The highest BCUT2D eigenvalue weighted by Gasteiger charge is 2.44. The van der Waals surface area contributed by atoms with E-state index in [1.165, 1.54) is 22.4 Å². The van der Waals surface area contributed by atoms with Crippen molar-refractivity contribution in [2.24, 2.45) is 5.41 Å². The smallest absolute Gasteiger partial charge is 0.298 e. The highest BCUT2D eigenvalue weighted by atomic mass is 19.1. The van der Waals surface area contributed by atoms with Crippen molar-refractivity contribution in [1.29, 1.82) is 0 Å². The molecule has 0 radical (unpaired) electrons. The predicted octanol–water partition coefficient (Wildman–Crippen LogP) is 1.44. The van der Waals surface area contributed by atoms with Gasteiger partial charge in [-0.3, -0.25) is 24.0 Å². The lowest BCUT2D eigenvalue weighted by Gasteiger charge is -2.22. The Hall–Kier alpha value is -3.13. The van der Waals surface area contributed by atoms with Gasteiger partial charge in [0.2, 0.25) is 0 Å². The van der Waals surface area contributed by atoms with Crippen molar-refractivity contribution in [3.8, 4) is 0 Å². The highest BCUT2D eigenvalue weighted by molar-refractivity contribution is 5.17. The zero-order chi connectivity index (χ0) is 20.7. The molecular formula is C22H22FN5O2. The van der Waals surface area contributed by atoms with Crippen LogP contribution in [0, 0.1) is 11.2 Å². The predicted molar refractivity (Wildman–Crippen MR) is 109 cm³/mol. The van der Waals surface area contributed by atoms with Crippen molar-refractivity contribution in [2.45, 2.75) is 32.5 Å². The molecule has 0 amide bonds. The van der Waals surface area contributed by atoms with Gasteiger partial charge in [0.05, 0.1) is 6.54 Å². The summed E-state index contributed by atoms with van der Waals surface area (Å²) in [7, 11) is 0. The first kappa shape index (κ1) is 18.9. The minimum Gasteiger partial charge on any atom is -0.298 e. The number of likely N-dealkylation sites (tertiary alicyclic amines) is 1. The molecule has 154 valence electrons. The molecular weight excluding hydrogens is 385 g/mol. The largest absolute Gasteiger partial charge is 0.332 e. The zero-order valence-corrected chi connectivity index (χ0v) is 16.5. The summed E-state index contributed by atoms with van der Waals surface area (Å²) in [4.78, 5) is 31.9. The molecule has 1 atom stereocenters. The quantitative estimate of drug-likeness (QED) is 0.612. The first-order chi connectivity index (χ1) is 14.5. The van der Waals surface area contributed by atoms with Gasteiger partial charge in [0.1, 0.15) is 11.6 Å². The Kier molecular flexibility index (Phi) is 4.58. The fraction of sp³-hybridized carbons (Fsp3) is 0.364. The fourth-order valence-corrected chi connectivity index (χ4v) is 4.66. The summed E-state index contributed by atoms with van der Waals surface area (Å²) in [5, 5.41) is 4.50. The third-order valence-electron chi connectivity index (χ3n) is 6.13. The fourth-order valence-electron chi connectivity index (χ4n) is 4.66. The topological polar surface area (TPSA) is 73.0 Å². The summed E-state index contributed by atoms with van der Waals surface area (Å²) in [5.74, 6) is 0.317. The number of fused-ring (bicyclic) bond motifs is 1. The Balaban J connectivity index is 1.36. The molecule has 1 fully saturated rings. The van der Waals surface area contributed by atoms with Crippen molar-refractivity contribution >= 4 is 0 Å². The minimum atomic E-state index is -0.634. The van der Waals surface area contributed by atoms with Crippen LogP contribution in [0.4, 0.5) is 4.39 Å². The Bertz CT molecular complexity index is 1190. The Labute approximate surface area is 172 Å². The van der Waals surface area contributed by atoms with Gasteiger partial charge in [-0.05, 0) is 42.3 Å². The number of nitrogens with zero attached hydrogens (tertiary/aromatic N) is 5. The molecule has 2 aromatic heterocycles. The average Bonchev–Trinajstić information content (AvgIpc) is 3.31. The van der Waals surface area contributed by atoms with Gasteiger partial charge in [-0.1, -0.05) is 18.2 Å². The molecule has 0 N–H and O–H groups in total. The molecule has 0 unspecified atom stereocenters. The number of aromatic nitrogens is 4. The van der Waals surface area contributed by atoms with Gasteiger partial charge < -0.3 is 0 Å². The highest BCUT2D eigenvalue weighted by Crippen LogP contribution is 2.39. The summed E-state index contributed by atoms with van der Waals surface area (Å²) < 4.78 is 15.9. The number of hydrogen-bond acceptors (Lipinski definition) is 5. The molecule has 1 saturated heterocycles. The van der Waals surface area contributed by atoms with Crippen molar-refractivity contribution in [1.82, 2.24) is 24.2 Å². The number of rotatable bonds is 4. The van der Waals surface area contributed by atoms with Gasteiger partial charge in [0, 0.05) is 43.9 Å². The molecule has 7 nitrogen and oxygen atoms in total. The van der Waals surface area contributed by atoms with E-state index >= 15 is 0 Å². The van der Waals surface area contributed by atoms with Crippen molar-refractivity contribution in [2.75, 3.05) is 13.1 Å². The molecule has 0 bridgehead atoms. The van der Waals surface area contributed by atoms with Crippen LogP contribution in [0.25, 0.3) is 0 Å². The van der Waals surface area contributed by atoms with Gasteiger partial charge in [0.25, 0.3) is 0 Å². The van der Waals surface area contributed by atoms with E-state index in [2.05, 4.69) is 21.0 Å².